The van der Waals surface area contributed by atoms with Gasteiger partial charge in [-0.3, -0.25) is 9.36 Å². The van der Waals surface area contributed by atoms with E-state index in [0.29, 0.717) is 11.1 Å². The summed E-state index contributed by atoms with van der Waals surface area (Å²) < 4.78 is 1.51. The maximum absolute atomic E-state index is 11.2. The molecule has 0 atom stereocenters. The van der Waals surface area contributed by atoms with Gasteiger partial charge in [-0.1, -0.05) is 0 Å². The number of benzene rings is 1. The molecule has 14 heavy (non-hydrogen) atoms. The number of Topliss-reactive ketones (excluding diaryl/α,β-unsaturated/α-hetero) is 1. The summed E-state index contributed by atoms with van der Waals surface area (Å²) in [5, 5.41) is 0. The third kappa shape index (κ3) is 1.16. The van der Waals surface area contributed by atoms with E-state index in [9.17, 15) is 9.59 Å². The number of aromatic nitrogens is 2. The largest absolute Gasteiger partial charge is 0.326 e. The predicted molar refractivity (Wildman–Crippen MR) is 55.7 cm³/mol. The molecule has 1 heterocycles. The van der Waals surface area contributed by atoms with Crippen LogP contribution in [-0.2, 0) is 7.05 Å². The van der Waals surface area contributed by atoms with Crippen LogP contribution in [0, 0.1) is 0 Å². The van der Waals surface area contributed by atoms with Gasteiger partial charge in [-0.2, -0.15) is 0 Å². The van der Waals surface area contributed by atoms with Crippen LogP contribution in [-0.4, -0.2) is 15.3 Å². The zero-order chi connectivity index (χ0) is 10.3. The van der Waals surface area contributed by atoms with Crippen molar-refractivity contribution in [2.45, 2.75) is 6.92 Å². The predicted octanol–water partition coefficient (Wildman–Crippen LogP) is 1.32. The Morgan fingerprint density at radius 2 is 2.21 bits per heavy atom. The van der Waals surface area contributed by atoms with Crippen molar-refractivity contribution in [3.8, 4) is 0 Å². The highest BCUT2D eigenvalue weighted by molar-refractivity contribution is 5.97. The Bertz CT molecular complexity index is 568. The van der Waals surface area contributed by atoms with Gasteiger partial charge < -0.3 is 4.98 Å². The van der Waals surface area contributed by atoms with Crippen LogP contribution in [0.3, 0.4) is 0 Å². The Labute approximate surface area is 81.7 Å². The van der Waals surface area contributed by atoms with Crippen molar-refractivity contribution in [3.63, 3.8) is 0 Å². The van der Waals surface area contributed by atoms with Gasteiger partial charge in [0.25, 0.3) is 0 Å². The van der Waals surface area contributed by atoms with Crippen LogP contribution in [0.25, 0.3) is 11.0 Å². The van der Waals surface area contributed by atoms with Crippen molar-refractivity contribution in [3.05, 3.63) is 34.2 Å². The van der Waals surface area contributed by atoms with Gasteiger partial charge in [-0.05, 0) is 25.1 Å². The van der Waals surface area contributed by atoms with Crippen LogP contribution in [0.2, 0.25) is 0 Å². The summed E-state index contributed by atoms with van der Waals surface area (Å²) in [6.07, 6.45) is 0. The number of hydrogen-bond donors (Lipinski definition) is 1. The fourth-order valence-corrected chi connectivity index (χ4v) is 1.46. The van der Waals surface area contributed by atoms with E-state index in [1.165, 1.54) is 11.5 Å². The van der Waals surface area contributed by atoms with Gasteiger partial charge in [-0.25, -0.2) is 4.79 Å². The molecule has 0 aliphatic rings. The lowest BCUT2D eigenvalue weighted by molar-refractivity contribution is 0.101. The van der Waals surface area contributed by atoms with Gasteiger partial charge in [0.1, 0.15) is 0 Å². The number of hydrogen-bond acceptors (Lipinski definition) is 2. The van der Waals surface area contributed by atoms with Crippen LogP contribution in [0.15, 0.2) is 23.0 Å². The molecule has 2 aromatic rings. The van der Waals surface area contributed by atoms with Crippen LogP contribution in [0.5, 0.6) is 0 Å². The second kappa shape index (κ2) is 2.83. The Balaban J connectivity index is 0.00000112. The number of H-pyrrole nitrogens is 1. The molecule has 0 bridgehead atoms. The highest BCUT2D eigenvalue weighted by Crippen LogP contribution is 2.11. The summed E-state index contributed by atoms with van der Waals surface area (Å²) in [4.78, 5) is 25.0. The third-order valence-electron chi connectivity index (χ3n) is 2.31. The van der Waals surface area contributed by atoms with E-state index < -0.39 is 0 Å². The highest BCUT2D eigenvalue weighted by Gasteiger charge is 2.05. The maximum atomic E-state index is 11.2. The average molecular weight is 192 g/mol. The molecule has 0 fully saturated rings. The second-order valence-electron chi connectivity index (χ2n) is 3.28. The summed E-state index contributed by atoms with van der Waals surface area (Å²) in [5.41, 5.74) is 1.95. The Kier molecular flexibility index (Phi) is 1.77. The van der Waals surface area contributed by atoms with E-state index in [-0.39, 0.29) is 12.9 Å². The van der Waals surface area contributed by atoms with Crippen LogP contribution in [0.4, 0.5) is 0 Å². The fourth-order valence-electron chi connectivity index (χ4n) is 1.46. The van der Waals surface area contributed by atoms with Gasteiger partial charge in [-0.15, -0.1) is 0 Å². The minimum atomic E-state index is -0.166. The molecule has 0 unspecified atom stereocenters. The van der Waals surface area contributed by atoms with E-state index in [1.807, 2.05) is 0 Å². The van der Waals surface area contributed by atoms with Crippen molar-refractivity contribution in [2.75, 3.05) is 0 Å². The van der Waals surface area contributed by atoms with E-state index in [1.54, 1.807) is 25.2 Å². The first-order valence-corrected chi connectivity index (χ1v) is 4.29. The lowest BCUT2D eigenvalue weighted by Gasteiger charge is -1.96. The molecule has 0 aliphatic carbocycles. The molecule has 0 spiro atoms. The summed E-state index contributed by atoms with van der Waals surface area (Å²) in [5.74, 6) is -0.00315. The summed E-state index contributed by atoms with van der Waals surface area (Å²) >= 11 is 0. The summed E-state index contributed by atoms with van der Waals surface area (Å²) in [6.45, 7) is 1.50. The molecule has 0 saturated carbocycles. The van der Waals surface area contributed by atoms with Crippen molar-refractivity contribution in [1.82, 2.24) is 9.55 Å². The van der Waals surface area contributed by atoms with Crippen LogP contribution in [0.1, 0.15) is 18.7 Å². The highest BCUT2D eigenvalue weighted by atomic mass is 16.1. The smallest absolute Gasteiger partial charge is 0.306 e. The maximum Gasteiger partial charge on any atom is 0.326 e. The molecule has 1 N–H and O–H groups in total. The first-order valence-electron chi connectivity index (χ1n) is 4.29. The number of nitrogens with zero attached hydrogens (tertiary/aromatic N) is 1. The molecule has 4 nitrogen and oxygen atoms in total. The standard InChI is InChI=1S/C10H10N2O2.H2/c1-6(13)7-3-4-9-8(5-7)11-10(14)12(9)2;/h3-5H,1-2H3,(H,11,14);1H. The lowest BCUT2D eigenvalue weighted by Crippen LogP contribution is -2.11. The van der Waals surface area contributed by atoms with Gasteiger partial charge in [0.05, 0.1) is 11.0 Å². The molecule has 1 aromatic carbocycles. The van der Waals surface area contributed by atoms with Gasteiger partial charge >= 0.3 is 5.69 Å². The minimum Gasteiger partial charge on any atom is -0.306 e. The molecule has 0 saturated heterocycles. The van der Waals surface area contributed by atoms with Crippen LogP contribution >= 0.6 is 0 Å². The molecular formula is C10H12N2O2. The van der Waals surface area contributed by atoms with Gasteiger partial charge in [0, 0.05) is 14.0 Å². The SMILES string of the molecule is CC(=O)c1ccc2c(c1)[nH]c(=O)n2C.[HH]. The lowest BCUT2D eigenvalue weighted by atomic mass is 10.1. The van der Waals surface area contributed by atoms with Crippen molar-refractivity contribution in [1.29, 1.82) is 0 Å². The third-order valence-corrected chi connectivity index (χ3v) is 2.31. The number of rotatable bonds is 1. The quantitative estimate of drug-likeness (QED) is 0.693. The van der Waals surface area contributed by atoms with E-state index in [4.69, 9.17) is 0 Å². The van der Waals surface area contributed by atoms with E-state index in [2.05, 4.69) is 4.98 Å². The Hall–Kier alpha value is -1.84. The molecule has 2 rings (SSSR count). The van der Waals surface area contributed by atoms with Gasteiger partial charge in [0.15, 0.2) is 5.78 Å². The first-order chi connectivity index (χ1) is 6.59. The first kappa shape index (κ1) is 8.74. The zero-order valence-corrected chi connectivity index (χ0v) is 8.00. The summed E-state index contributed by atoms with van der Waals surface area (Å²) in [6, 6.07) is 5.18. The molecule has 1 aromatic heterocycles. The molecular weight excluding hydrogens is 180 g/mol. The Morgan fingerprint density at radius 1 is 1.50 bits per heavy atom. The fraction of sp³-hybridized carbons (Fsp3) is 0.200. The number of imidazole rings is 1. The summed E-state index contributed by atoms with van der Waals surface area (Å²) in [7, 11) is 1.69. The number of aryl methyl sites for hydroxylation is 1. The molecule has 0 aliphatic heterocycles. The number of nitrogens with one attached hydrogen (secondary N) is 1. The van der Waals surface area contributed by atoms with Gasteiger partial charge in [0.2, 0.25) is 0 Å². The number of fused-ring (bicyclic) bond motifs is 1. The van der Waals surface area contributed by atoms with E-state index in [0.717, 1.165) is 5.52 Å². The van der Waals surface area contributed by atoms with Crippen molar-refractivity contribution in [2.24, 2.45) is 7.05 Å². The Morgan fingerprint density at radius 3 is 2.86 bits per heavy atom. The number of carbonyl (C=O) groups excluding carboxylic acids is 1. The molecule has 4 heteroatoms. The van der Waals surface area contributed by atoms with Crippen LogP contribution < -0.4 is 5.69 Å². The number of aromatic amines is 1. The normalized spacial score (nSPS) is 10.7. The van der Waals surface area contributed by atoms with E-state index >= 15 is 0 Å². The van der Waals surface area contributed by atoms with Crippen molar-refractivity contribution >= 4 is 16.8 Å². The zero-order valence-electron chi connectivity index (χ0n) is 8.00. The van der Waals surface area contributed by atoms with Crippen molar-refractivity contribution < 1.29 is 6.22 Å². The monoisotopic (exact) mass is 192 g/mol. The second-order valence-corrected chi connectivity index (χ2v) is 3.28. The molecule has 0 radical (unpaired) electrons. The number of ketones is 1. The topological polar surface area (TPSA) is 54.9 Å². The number of carbonyl (C=O) groups is 1. The minimum absolute atomic E-state index is 0. The molecule has 0 amide bonds. The average Bonchev–Trinajstić information content (AvgIpc) is 2.42. The molecule has 74 valence electrons.